The molecule has 0 unspecified atom stereocenters. The minimum absolute atomic E-state index is 0.817. The van der Waals surface area contributed by atoms with E-state index in [9.17, 15) is 0 Å². The first-order chi connectivity index (χ1) is 6.24. The van der Waals surface area contributed by atoms with E-state index in [1.54, 1.807) is 0 Å². The predicted octanol–water partition coefficient (Wildman–Crippen LogP) is 2.98. The van der Waals surface area contributed by atoms with Crippen molar-refractivity contribution in [1.29, 1.82) is 0 Å². The summed E-state index contributed by atoms with van der Waals surface area (Å²) in [7, 11) is 0. The molecule has 13 heavy (non-hydrogen) atoms. The van der Waals surface area contributed by atoms with E-state index in [1.807, 2.05) is 0 Å². The van der Waals surface area contributed by atoms with E-state index in [0.29, 0.717) is 0 Å². The van der Waals surface area contributed by atoms with Gasteiger partial charge in [0.25, 0.3) is 0 Å². The van der Waals surface area contributed by atoms with Crippen LogP contribution in [0.3, 0.4) is 0 Å². The SMILES string of the molecule is C/C=C/CCNC1CC(C(C)C)C1. The summed E-state index contributed by atoms with van der Waals surface area (Å²) in [5.74, 6) is 1.87. The molecule has 0 bridgehead atoms. The van der Waals surface area contributed by atoms with Crippen LogP contribution >= 0.6 is 0 Å². The lowest BCUT2D eigenvalue weighted by Gasteiger charge is -2.38. The van der Waals surface area contributed by atoms with Crippen LogP contribution in [0, 0.1) is 11.8 Å². The van der Waals surface area contributed by atoms with Crippen molar-refractivity contribution in [2.24, 2.45) is 11.8 Å². The molecule has 1 heteroatoms. The van der Waals surface area contributed by atoms with Gasteiger partial charge in [0.1, 0.15) is 0 Å². The third kappa shape index (κ3) is 3.51. The van der Waals surface area contributed by atoms with E-state index in [1.165, 1.54) is 19.3 Å². The average Bonchev–Trinajstić information content (AvgIpc) is 2.00. The Morgan fingerprint density at radius 3 is 2.62 bits per heavy atom. The van der Waals surface area contributed by atoms with Gasteiger partial charge in [-0.1, -0.05) is 26.0 Å². The van der Waals surface area contributed by atoms with E-state index < -0.39 is 0 Å². The van der Waals surface area contributed by atoms with Gasteiger partial charge in [-0.3, -0.25) is 0 Å². The van der Waals surface area contributed by atoms with Gasteiger partial charge in [-0.15, -0.1) is 0 Å². The summed E-state index contributed by atoms with van der Waals surface area (Å²) in [5, 5.41) is 3.59. The van der Waals surface area contributed by atoms with E-state index >= 15 is 0 Å². The lowest BCUT2D eigenvalue weighted by Crippen LogP contribution is -2.43. The van der Waals surface area contributed by atoms with Crippen LogP contribution in [-0.4, -0.2) is 12.6 Å². The fourth-order valence-corrected chi connectivity index (χ4v) is 1.91. The first kappa shape index (κ1) is 10.8. The van der Waals surface area contributed by atoms with Crippen LogP contribution in [-0.2, 0) is 0 Å². The lowest BCUT2D eigenvalue weighted by molar-refractivity contribution is 0.170. The Morgan fingerprint density at radius 2 is 2.08 bits per heavy atom. The predicted molar refractivity (Wildman–Crippen MR) is 58.8 cm³/mol. The van der Waals surface area contributed by atoms with Crippen LogP contribution < -0.4 is 5.32 Å². The van der Waals surface area contributed by atoms with Gasteiger partial charge in [0, 0.05) is 6.04 Å². The molecule has 1 rings (SSSR count). The highest BCUT2D eigenvalue weighted by atomic mass is 14.9. The Kier molecular flexibility index (Phi) is 4.51. The van der Waals surface area contributed by atoms with Crippen LogP contribution in [0.15, 0.2) is 12.2 Å². The molecule has 0 aromatic carbocycles. The van der Waals surface area contributed by atoms with E-state index in [0.717, 1.165) is 24.4 Å². The summed E-state index contributed by atoms with van der Waals surface area (Å²) in [5.41, 5.74) is 0. The number of nitrogens with one attached hydrogen (secondary N) is 1. The highest BCUT2D eigenvalue weighted by molar-refractivity contribution is 4.87. The maximum Gasteiger partial charge on any atom is 0.00726 e. The van der Waals surface area contributed by atoms with Gasteiger partial charge < -0.3 is 5.32 Å². The largest absolute Gasteiger partial charge is 0.314 e. The van der Waals surface area contributed by atoms with E-state index in [2.05, 4.69) is 38.2 Å². The zero-order chi connectivity index (χ0) is 9.68. The minimum atomic E-state index is 0.817. The van der Waals surface area contributed by atoms with Gasteiger partial charge in [0.15, 0.2) is 0 Å². The second-order valence-corrected chi connectivity index (χ2v) is 4.48. The number of allylic oxidation sites excluding steroid dienone is 1. The summed E-state index contributed by atoms with van der Waals surface area (Å²) >= 11 is 0. The Bertz CT molecular complexity index is 155. The quantitative estimate of drug-likeness (QED) is 0.508. The Balaban J connectivity index is 1.96. The molecular formula is C12H23N. The minimum Gasteiger partial charge on any atom is -0.314 e. The zero-order valence-electron chi connectivity index (χ0n) is 9.22. The van der Waals surface area contributed by atoms with Crippen molar-refractivity contribution in [2.75, 3.05) is 6.54 Å². The van der Waals surface area contributed by atoms with Gasteiger partial charge in [0.05, 0.1) is 0 Å². The molecule has 1 N–H and O–H groups in total. The third-order valence-electron chi connectivity index (χ3n) is 3.10. The van der Waals surface area contributed by atoms with Gasteiger partial charge in [0.2, 0.25) is 0 Å². The molecular weight excluding hydrogens is 158 g/mol. The molecule has 0 atom stereocenters. The first-order valence-electron chi connectivity index (χ1n) is 5.58. The Labute approximate surface area is 82.6 Å². The Hall–Kier alpha value is -0.300. The van der Waals surface area contributed by atoms with Crippen LogP contribution in [0.4, 0.5) is 0 Å². The smallest absolute Gasteiger partial charge is 0.00726 e. The lowest BCUT2D eigenvalue weighted by atomic mass is 9.74. The number of hydrogen-bond acceptors (Lipinski definition) is 1. The molecule has 0 aromatic rings. The van der Waals surface area contributed by atoms with Crippen LogP contribution in [0.5, 0.6) is 0 Å². The molecule has 0 heterocycles. The third-order valence-corrected chi connectivity index (χ3v) is 3.10. The second-order valence-electron chi connectivity index (χ2n) is 4.48. The van der Waals surface area contributed by atoms with E-state index in [-0.39, 0.29) is 0 Å². The van der Waals surface area contributed by atoms with Gasteiger partial charge >= 0.3 is 0 Å². The van der Waals surface area contributed by atoms with Crippen molar-refractivity contribution in [2.45, 2.75) is 46.1 Å². The summed E-state index contributed by atoms with van der Waals surface area (Å²) in [6.45, 7) is 7.90. The number of hydrogen-bond donors (Lipinski definition) is 1. The molecule has 0 amide bonds. The molecule has 0 saturated heterocycles. The van der Waals surface area contributed by atoms with Crippen molar-refractivity contribution >= 4 is 0 Å². The molecule has 1 aliphatic rings. The van der Waals surface area contributed by atoms with E-state index in [4.69, 9.17) is 0 Å². The molecule has 0 spiro atoms. The molecule has 0 aromatic heterocycles. The van der Waals surface area contributed by atoms with Gasteiger partial charge in [-0.25, -0.2) is 0 Å². The topological polar surface area (TPSA) is 12.0 Å². The standard InChI is InChI=1S/C12H23N/c1-4-5-6-7-13-12-8-11(9-12)10(2)3/h4-5,10-13H,6-9H2,1-3H3/b5-4+. The van der Waals surface area contributed by atoms with Crippen molar-refractivity contribution in [3.8, 4) is 0 Å². The van der Waals surface area contributed by atoms with Crippen LogP contribution in [0.2, 0.25) is 0 Å². The van der Waals surface area contributed by atoms with Gasteiger partial charge in [-0.2, -0.15) is 0 Å². The molecule has 1 saturated carbocycles. The number of rotatable bonds is 5. The highest BCUT2D eigenvalue weighted by Crippen LogP contribution is 2.33. The second kappa shape index (κ2) is 5.43. The molecule has 0 radical (unpaired) electrons. The highest BCUT2D eigenvalue weighted by Gasteiger charge is 2.30. The maximum absolute atomic E-state index is 3.59. The monoisotopic (exact) mass is 181 g/mol. The van der Waals surface area contributed by atoms with Crippen molar-refractivity contribution in [3.63, 3.8) is 0 Å². The average molecular weight is 181 g/mol. The van der Waals surface area contributed by atoms with Gasteiger partial charge in [-0.05, 0) is 44.6 Å². The summed E-state index contributed by atoms with van der Waals surface area (Å²) < 4.78 is 0. The zero-order valence-corrected chi connectivity index (χ0v) is 9.22. The van der Waals surface area contributed by atoms with Crippen molar-refractivity contribution in [3.05, 3.63) is 12.2 Å². The first-order valence-corrected chi connectivity index (χ1v) is 5.58. The summed E-state index contributed by atoms with van der Waals surface area (Å²) in [6.07, 6.45) is 8.32. The van der Waals surface area contributed by atoms with Crippen LogP contribution in [0.25, 0.3) is 0 Å². The van der Waals surface area contributed by atoms with Crippen molar-refractivity contribution < 1.29 is 0 Å². The Morgan fingerprint density at radius 1 is 1.38 bits per heavy atom. The molecule has 1 aliphatic carbocycles. The molecule has 1 nitrogen and oxygen atoms in total. The molecule has 1 fully saturated rings. The summed E-state index contributed by atoms with van der Waals surface area (Å²) in [6, 6.07) is 0.817. The fraction of sp³-hybridized carbons (Fsp3) is 0.833. The van der Waals surface area contributed by atoms with Crippen LogP contribution in [0.1, 0.15) is 40.0 Å². The van der Waals surface area contributed by atoms with Crippen molar-refractivity contribution in [1.82, 2.24) is 5.32 Å². The maximum atomic E-state index is 3.59. The molecule has 0 aliphatic heterocycles. The normalized spacial score (nSPS) is 28.3. The molecule has 76 valence electrons. The fourth-order valence-electron chi connectivity index (χ4n) is 1.91. The summed E-state index contributed by atoms with van der Waals surface area (Å²) in [4.78, 5) is 0.